The fourth-order valence-corrected chi connectivity index (χ4v) is 1.94. The molecule has 1 heterocycles. The Bertz CT molecular complexity index is 612. The Morgan fingerprint density at radius 2 is 2.15 bits per heavy atom. The molecule has 0 aliphatic carbocycles. The largest absolute Gasteiger partial charge is 0.478 e. The molecule has 0 aliphatic rings. The molecule has 4 nitrogen and oxygen atoms in total. The molecule has 0 unspecified atom stereocenters. The number of carbonyl (C=O) groups is 1. The number of aromatic nitrogens is 1. The molecule has 1 N–H and O–H groups in total. The minimum absolute atomic E-state index is 0.177. The molecular weight excluding hydrogens is 272 g/mol. The Morgan fingerprint density at radius 1 is 1.35 bits per heavy atom. The topological polar surface area (TPSA) is 51.2 Å². The second kappa shape index (κ2) is 6.43. The number of rotatable bonds is 4. The summed E-state index contributed by atoms with van der Waals surface area (Å²) in [6.45, 7) is 4.34. The fraction of sp³-hybridized carbons (Fsp3) is 0.200. The molecule has 0 saturated heterocycles. The third-order valence-electron chi connectivity index (χ3n) is 2.75. The highest BCUT2D eigenvalue weighted by Crippen LogP contribution is 2.17. The van der Waals surface area contributed by atoms with Crippen molar-refractivity contribution in [2.24, 2.45) is 0 Å². The van der Waals surface area contributed by atoms with Crippen molar-refractivity contribution in [2.45, 2.75) is 18.7 Å². The predicted molar refractivity (Wildman–Crippen MR) is 81.8 cm³/mol. The van der Waals surface area contributed by atoms with Gasteiger partial charge < -0.3 is 10.1 Å². The maximum absolute atomic E-state index is 12.2. The van der Waals surface area contributed by atoms with Gasteiger partial charge in [0, 0.05) is 16.5 Å². The number of hydrogen-bond donors (Lipinski definition) is 2. The Morgan fingerprint density at radius 3 is 2.80 bits per heavy atom. The lowest BCUT2D eigenvalue weighted by Crippen LogP contribution is -2.13. The zero-order valence-electron chi connectivity index (χ0n) is 11.4. The molecule has 1 aromatic carbocycles. The molecule has 104 valence electrons. The van der Waals surface area contributed by atoms with Crippen LogP contribution in [0.3, 0.4) is 0 Å². The van der Waals surface area contributed by atoms with Gasteiger partial charge in [0.1, 0.15) is 0 Å². The molecule has 0 saturated carbocycles. The number of benzene rings is 1. The van der Waals surface area contributed by atoms with Gasteiger partial charge in [0.05, 0.1) is 18.5 Å². The van der Waals surface area contributed by atoms with Gasteiger partial charge in [0.15, 0.2) is 0 Å². The number of thiol groups is 1. The highest BCUT2D eigenvalue weighted by Gasteiger charge is 2.10. The predicted octanol–water partition coefficient (Wildman–Crippen LogP) is 3.33. The molecule has 0 spiro atoms. The van der Waals surface area contributed by atoms with Crippen molar-refractivity contribution >= 4 is 24.2 Å². The highest BCUT2D eigenvalue weighted by molar-refractivity contribution is 7.80. The van der Waals surface area contributed by atoms with Gasteiger partial charge >= 0.3 is 0 Å². The Hall–Kier alpha value is -2.01. The molecule has 2 rings (SSSR count). The summed E-state index contributed by atoms with van der Waals surface area (Å²) in [7, 11) is 0. The minimum atomic E-state index is -0.177. The number of nitrogens with one attached hydrogen (secondary N) is 1. The second-order valence-electron chi connectivity index (χ2n) is 4.27. The number of anilines is 1. The van der Waals surface area contributed by atoms with Crippen LogP contribution in [0.4, 0.5) is 5.69 Å². The molecular formula is C15H16N2O2S. The van der Waals surface area contributed by atoms with Gasteiger partial charge in [-0.25, -0.2) is 4.98 Å². The molecule has 0 bridgehead atoms. The highest BCUT2D eigenvalue weighted by atomic mass is 32.1. The van der Waals surface area contributed by atoms with E-state index < -0.39 is 0 Å². The van der Waals surface area contributed by atoms with Gasteiger partial charge in [0.25, 0.3) is 5.91 Å². The van der Waals surface area contributed by atoms with Crippen molar-refractivity contribution in [2.75, 3.05) is 11.9 Å². The average Bonchev–Trinajstić information content (AvgIpc) is 2.44. The summed E-state index contributed by atoms with van der Waals surface area (Å²) in [6, 6.07) is 8.95. The van der Waals surface area contributed by atoms with Crippen molar-refractivity contribution in [3.05, 3.63) is 47.7 Å². The van der Waals surface area contributed by atoms with E-state index in [1.54, 1.807) is 24.4 Å². The van der Waals surface area contributed by atoms with E-state index in [1.165, 1.54) is 0 Å². The molecule has 5 heteroatoms. The average molecular weight is 288 g/mol. The summed E-state index contributed by atoms with van der Waals surface area (Å²) in [5, 5.41) is 2.80. The smallest absolute Gasteiger partial charge is 0.256 e. The lowest BCUT2D eigenvalue weighted by atomic mass is 10.1. The van der Waals surface area contributed by atoms with Gasteiger partial charge in [-0.3, -0.25) is 4.79 Å². The Balaban J connectivity index is 2.13. The van der Waals surface area contributed by atoms with Crippen molar-refractivity contribution < 1.29 is 9.53 Å². The first-order chi connectivity index (χ1) is 9.60. The van der Waals surface area contributed by atoms with Crippen molar-refractivity contribution in [1.29, 1.82) is 0 Å². The van der Waals surface area contributed by atoms with E-state index >= 15 is 0 Å². The number of amides is 1. The normalized spacial score (nSPS) is 10.2. The van der Waals surface area contributed by atoms with Crippen molar-refractivity contribution in [3.63, 3.8) is 0 Å². The summed E-state index contributed by atoms with van der Waals surface area (Å²) in [4.78, 5) is 17.1. The minimum Gasteiger partial charge on any atom is -0.478 e. The number of nitrogens with zero attached hydrogens (tertiary/aromatic N) is 1. The van der Waals surface area contributed by atoms with Crippen LogP contribution in [0, 0.1) is 6.92 Å². The first-order valence-electron chi connectivity index (χ1n) is 6.30. The second-order valence-corrected chi connectivity index (χ2v) is 4.79. The summed E-state index contributed by atoms with van der Waals surface area (Å²) in [6.07, 6.45) is 1.57. The van der Waals surface area contributed by atoms with Crippen molar-refractivity contribution in [3.8, 4) is 5.88 Å². The van der Waals surface area contributed by atoms with Crippen molar-refractivity contribution in [1.82, 2.24) is 4.98 Å². The monoisotopic (exact) mass is 288 g/mol. The number of pyridine rings is 1. The van der Waals surface area contributed by atoms with E-state index in [-0.39, 0.29) is 5.91 Å². The Labute approximate surface area is 123 Å². The van der Waals surface area contributed by atoms with Gasteiger partial charge in [0.2, 0.25) is 5.88 Å². The van der Waals surface area contributed by atoms with Crippen LogP contribution < -0.4 is 10.1 Å². The van der Waals surface area contributed by atoms with Crippen LogP contribution in [-0.4, -0.2) is 17.5 Å². The van der Waals surface area contributed by atoms with Crippen LogP contribution in [0.2, 0.25) is 0 Å². The molecule has 1 aromatic heterocycles. The first kappa shape index (κ1) is 14.4. The van der Waals surface area contributed by atoms with Gasteiger partial charge in [-0.05, 0) is 37.6 Å². The summed E-state index contributed by atoms with van der Waals surface area (Å²) in [5.74, 6) is 0.364. The van der Waals surface area contributed by atoms with Gasteiger partial charge in [-0.15, -0.1) is 12.6 Å². The summed E-state index contributed by atoms with van der Waals surface area (Å²) in [5.41, 5.74) is 2.13. The zero-order chi connectivity index (χ0) is 14.5. The number of ether oxygens (including phenoxy) is 1. The van der Waals surface area contributed by atoms with Crippen LogP contribution in [0.5, 0.6) is 5.88 Å². The quantitative estimate of drug-likeness (QED) is 0.848. The van der Waals surface area contributed by atoms with E-state index in [0.717, 1.165) is 10.5 Å². The molecule has 1 amide bonds. The van der Waals surface area contributed by atoms with Gasteiger partial charge in [-0.1, -0.05) is 6.07 Å². The molecule has 0 radical (unpaired) electrons. The maximum Gasteiger partial charge on any atom is 0.256 e. The van der Waals surface area contributed by atoms with E-state index in [9.17, 15) is 4.79 Å². The van der Waals surface area contributed by atoms with E-state index in [1.807, 2.05) is 26.0 Å². The third-order valence-corrected chi connectivity index (χ3v) is 3.03. The Kier molecular flexibility index (Phi) is 4.63. The van der Waals surface area contributed by atoms with Crippen LogP contribution in [0.25, 0.3) is 0 Å². The molecule has 0 atom stereocenters. The number of hydrogen-bond acceptors (Lipinski definition) is 4. The summed E-state index contributed by atoms with van der Waals surface area (Å²) < 4.78 is 5.25. The lowest BCUT2D eigenvalue weighted by molar-refractivity contribution is 0.102. The standard InChI is InChI=1S/C15H16N2O2S/c1-3-19-14-7-5-11(9-16-14)17-15(18)13-8-12(20)6-4-10(13)2/h4-9,20H,3H2,1-2H3,(H,17,18). The number of aryl methyl sites for hydroxylation is 1. The van der Waals surface area contributed by atoms with E-state index in [4.69, 9.17) is 4.74 Å². The van der Waals surface area contributed by atoms with Crippen LogP contribution in [-0.2, 0) is 0 Å². The SMILES string of the molecule is CCOc1ccc(NC(=O)c2cc(S)ccc2C)cn1. The van der Waals surface area contributed by atoms with E-state index in [2.05, 4.69) is 22.9 Å². The third kappa shape index (κ3) is 3.51. The van der Waals surface area contributed by atoms with Gasteiger partial charge in [-0.2, -0.15) is 0 Å². The maximum atomic E-state index is 12.2. The fourth-order valence-electron chi connectivity index (χ4n) is 1.74. The number of carbonyl (C=O) groups excluding carboxylic acids is 1. The molecule has 20 heavy (non-hydrogen) atoms. The van der Waals surface area contributed by atoms with Crippen LogP contribution in [0.15, 0.2) is 41.4 Å². The zero-order valence-corrected chi connectivity index (χ0v) is 12.3. The lowest BCUT2D eigenvalue weighted by Gasteiger charge is -2.09. The van der Waals surface area contributed by atoms with E-state index in [0.29, 0.717) is 23.7 Å². The molecule has 0 fully saturated rings. The summed E-state index contributed by atoms with van der Waals surface area (Å²) >= 11 is 4.25. The molecule has 0 aliphatic heterocycles. The first-order valence-corrected chi connectivity index (χ1v) is 6.74. The van der Waals surface area contributed by atoms with Crippen LogP contribution in [0.1, 0.15) is 22.8 Å². The molecule has 2 aromatic rings. The van der Waals surface area contributed by atoms with Crippen LogP contribution >= 0.6 is 12.6 Å².